The van der Waals surface area contributed by atoms with Crippen LogP contribution in [0, 0.1) is 13.8 Å². The van der Waals surface area contributed by atoms with Crippen molar-refractivity contribution in [1.29, 1.82) is 0 Å². The van der Waals surface area contributed by atoms with E-state index in [1.807, 2.05) is 20.0 Å². The van der Waals surface area contributed by atoms with E-state index in [-0.39, 0.29) is 0 Å². The fraction of sp³-hybridized carbons (Fsp3) is 0.538. The molecule has 2 aromatic rings. The molecule has 0 unspecified atom stereocenters. The van der Waals surface area contributed by atoms with Gasteiger partial charge in [-0.1, -0.05) is 6.92 Å². The predicted octanol–water partition coefficient (Wildman–Crippen LogP) is 2.50. The summed E-state index contributed by atoms with van der Waals surface area (Å²) in [6.45, 7) is 8.99. The van der Waals surface area contributed by atoms with Gasteiger partial charge in [-0.25, -0.2) is 9.97 Å². The van der Waals surface area contributed by atoms with Crippen LogP contribution in [0.15, 0.2) is 11.6 Å². The molecule has 2 aromatic heterocycles. The van der Waals surface area contributed by atoms with E-state index in [0.717, 1.165) is 42.6 Å². The number of nitrogens with zero attached hydrogens (tertiary/aromatic N) is 3. The van der Waals surface area contributed by atoms with Crippen molar-refractivity contribution in [3.8, 4) is 0 Å². The number of imidazole rings is 1. The molecule has 1 N–H and O–H groups in total. The smallest absolute Gasteiger partial charge is 0.106 e. The van der Waals surface area contributed by atoms with Gasteiger partial charge >= 0.3 is 0 Å². The molecule has 2 heterocycles. The second kappa shape index (κ2) is 6.11. The van der Waals surface area contributed by atoms with Gasteiger partial charge in [-0.15, -0.1) is 11.3 Å². The lowest BCUT2D eigenvalue weighted by Crippen LogP contribution is -2.17. The van der Waals surface area contributed by atoms with E-state index < -0.39 is 0 Å². The third kappa shape index (κ3) is 3.17. The Morgan fingerprint density at radius 1 is 1.39 bits per heavy atom. The lowest BCUT2D eigenvalue weighted by atomic mass is 10.4. The minimum atomic E-state index is 0.819. The number of rotatable bonds is 6. The third-order valence-electron chi connectivity index (χ3n) is 2.86. The summed E-state index contributed by atoms with van der Waals surface area (Å²) in [7, 11) is 0. The highest BCUT2D eigenvalue weighted by Crippen LogP contribution is 2.12. The van der Waals surface area contributed by atoms with Gasteiger partial charge in [0.15, 0.2) is 0 Å². The zero-order valence-electron chi connectivity index (χ0n) is 11.2. The van der Waals surface area contributed by atoms with Crippen LogP contribution < -0.4 is 5.32 Å². The molecule has 0 saturated carbocycles. The molecule has 2 rings (SSSR count). The van der Waals surface area contributed by atoms with Crippen molar-refractivity contribution >= 4 is 11.3 Å². The van der Waals surface area contributed by atoms with Gasteiger partial charge in [0.1, 0.15) is 5.82 Å². The minimum absolute atomic E-state index is 0.819. The molecule has 0 aliphatic rings. The van der Waals surface area contributed by atoms with Crippen molar-refractivity contribution in [1.82, 2.24) is 19.9 Å². The second-order valence-electron chi connectivity index (χ2n) is 4.42. The van der Waals surface area contributed by atoms with E-state index >= 15 is 0 Å². The van der Waals surface area contributed by atoms with Crippen LogP contribution in [0.3, 0.4) is 0 Å². The van der Waals surface area contributed by atoms with Crippen LogP contribution in [-0.2, 0) is 13.1 Å². The summed E-state index contributed by atoms with van der Waals surface area (Å²) in [5.41, 5.74) is 2.35. The highest BCUT2D eigenvalue weighted by Gasteiger charge is 2.08. The van der Waals surface area contributed by atoms with Crippen molar-refractivity contribution in [2.24, 2.45) is 0 Å². The highest BCUT2D eigenvalue weighted by atomic mass is 32.1. The topological polar surface area (TPSA) is 42.7 Å². The molecule has 0 bridgehead atoms. The normalized spacial score (nSPS) is 11.1. The van der Waals surface area contributed by atoms with E-state index in [1.54, 1.807) is 11.3 Å². The van der Waals surface area contributed by atoms with Crippen LogP contribution in [0.5, 0.6) is 0 Å². The lowest BCUT2D eigenvalue weighted by molar-refractivity contribution is 0.620. The maximum atomic E-state index is 4.51. The van der Waals surface area contributed by atoms with Crippen LogP contribution in [-0.4, -0.2) is 21.1 Å². The summed E-state index contributed by atoms with van der Waals surface area (Å²) in [4.78, 5) is 8.91. The molecule has 0 saturated heterocycles. The summed E-state index contributed by atoms with van der Waals surface area (Å²) in [6, 6.07) is 0. The molecule has 18 heavy (non-hydrogen) atoms. The zero-order valence-corrected chi connectivity index (χ0v) is 12.0. The van der Waals surface area contributed by atoms with Crippen LogP contribution in [0.1, 0.15) is 35.6 Å². The zero-order chi connectivity index (χ0) is 13.0. The van der Waals surface area contributed by atoms with Gasteiger partial charge in [-0.3, -0.25) is 0 Å². The van der Waals surface area contributed by atoms with Gasteiger partial charge < -0.3 is 9.88 Å². The summed E-state index contributed by atoms with van der Waals surface area (Å²) >= 11 is 1.70. The summed E-state index contributed by atoms with van der Waals surface area (Å²) < 4.78 is 2.23. The standard InChI is InChI=1S/C13H20N4S/c1-4-5-14-6-13-7-15-10(2)17(13)8-12-9-18-11(3)16-12/h7,9,14H,4-6,8H2,1-3H3. The van der Waals surface area contributed by atoms with Crippen molar-refractivity contribution < 1.29 is 0 Å². The number of aromatic nitrogens is 3. The lowest BCUT2D eigenvalue weighted by Gasteiger charge is -2.09. The van der Waals surface area contributed by atoms with Gasteiger partial charge in [-0.2, -0.15) is 0 Å². The third-order valence-corrected chi connectivity index (χ3v) is 3.68. The van der Waals surface area contributed by atoms with Gasteiger partial charge in [-0.05, 0) is 26.8 Å². The van der Waals surface area contributed by atoms with Gasteiger partial charge in [0.05, 0.1) is 22.9 Å². The van der Waals surface area contributed by atoms with Crippen LogP contribution >= 0.6 is 11.3 Å². The molecule has 0 aliphatic carbocycles. The molecule has 0 aliphatic heterocycles. The van der Waals surface area contributed by atoms with Crippen molar-refractivity contribution in [3.05, 3.63) is 33.8 Å². The maximum absolute atomic E-state index is 4.51. The fourth-order valence-corrected chi connectivity index (χ4v) is 2.51. The Labute approximate surface area is 112 Å². The van der Waals surface area contributed by atoms with Crippen molar-refractivity contribution in [2.45, 2.75) is 40.3 Å². The van der Waals surface area contributed by atoms with E-state index in [2.05, 4.69) is 32.2 Å². The van der Waals surface area contributed by atoms with E-state index in [1.165, 1.54) is 5.69 Å². The Bertz CT molecular complexity index is 501. The first kappa shape index (κ1) is 13.2. The predicted molar refractivity (Wildman–Crippen MR) is 74.9 cm³/mol. The monoisotopic (exact) mass is 264 g/mol. The van der Waals surface area contributed by atoms with E-state index in [4.69, 9.17) is 0 Å². The highest BCUT2D eigenvalue weighted by molar-refractivity contribution is 7.09. The number of hydrogen-bond acceptors (Lipinski definition) is 4. The van der Waals surface area contributed by atoms with E-state index in [9.17, 15) is 0 Å². The SMILES string of the molecule is CCCNCc1cnc(C)n1Cc1csc(C)n1. The summed E-state index contributed by atoms with van der Waals surface area (Å²) in [5.74, 6) is 1.05. The first-order valence-corrected chi connectivity index (χ1v) is 7.21. The molecule has 4 nitrogen and oxygen atoms in total. The van der Waals surface area contributed by atoms with Gasteiger partial charge in [0.25, 0.3) is 0 Å². The Hall–Kier alpha value is -1.20. The Morgan fingerprint density at radius 2 is 2.22 bits per heavy atom. The number of aryl methyl sites for hydroxylation is 2. The average Bonchev–Trinajstić information content (AvgIpc) is 2.90. The number of nitrogens with one attached hydrogen (secondary N) is 1. The average molecular weight is 264 g/mol. The molecule has 0 aromatic carbocycles. The van der Waals surface area contributed by atoms with Gasteiger partial charge in [0.2, 0.25) is 0 Å². The molecule has 0 atom stereocenters. The van der Waals surface area contributed by atoms with Crippen molar-refractivity contribution in [3.63, 3.8) is 0 Å². The van der Waals surface area contributed by atoms with Crippen LogP contribution in [0.25, 0.3) is 0 Å². The largest absolute Gasteiger partial charge is 0.325 e. The second-order valence-corrected chi connectivity index (χ2v) is 5.48. The Morgan fingerprint density at radius 3 is 2.89 bits per heavy atom. The Kier molecular flexibility index (Phi) is 4.49. The molecule has 0 radical (unpaired) electrons. The number of thiazole rings is 1. The maximum Gasteiger partial charge on any atom is 0.106 e. The van der Waals surface area contributed by atoms with E-state index in [0.29, 0.717) is 0 Å². The molecular formula is C13H20N4S. The number of hydrogen-bond donors (Lipinski definition) is 1. The van der Waals surface area contributed by atoms with Crippen LogP contribution in [0.4, 0.5) is 0 Å². The summed E-state index contributed by atoms with van der Waals surface area (Å²) in [5, 5.41) is 6.66. The summed E-state index contributed by atoms with van der Waals surface area (Å²) in [6.07, 6.45) is 3.11. The molecule has 0 amide bonds. The minimum Gasteiger partial charge on any atom is -0.325 e. The Balaban J connectivity index is 2.08. The fourth-order valence-electron chi connectivity index (χ4n) is 1.91. The molecule has 0 spiro atoms. The molecule has 0 fully saturated rings. The van der Waals surface area contributed by atoms with Crippen LogP contribution in [0.2, 0.25) is 0 Å². The van der Waals surface area contributed by atoms with Crippen molar-refractivity contribution in [2.75, 3.05) is 6.54 Å². The first-order valence-electron chi connectivity index (χ1n) is 6.33. The van der Waals surface area contributed by atoms with Gasteiger partial charge in [0, 0.05) is 18.1 Å². The molecule has 98 valence electrons. The molecule has 5 heteroatoms. The first-order chi connectivity index (χ1) is 8.70. The molecular weight excluding hydrogens is 244 g/mol. The quantitative estimate of drug-likeness (QED) is 0.815.